The summed E-state index contributed by atoms with van der Waals surface area (Å²) >= 11 is 0. The van der Waals surface area contributed by atoms with E-state index in [0.29, 0.717) is 18.4 Å². The van der Waals surface area contributed by atoms with Gasteiger partial charge in [0.15, 0.2) is 12.1 Å². The summed E-state index contributed by atoms with van der Waals surface area (Å²) in [6.45, 7) is 6.40. The smallest absolute Gasteiger partial charge is 0.332 e. The first kappa shape index (κ1) is 40.7. The third-order valence-electron chi connectivity index (χ3n) is 8.54. The molecule has 1 aromatic rings. The van der Waals surface area contributed by atoms with Gasteiger partial charge in [0.25, 0.3) is 0 Å². The Labute approximate surface area is 276 Å². The Morgan fingerprint density at radius 2 is 1.00 bits per heavy atom. The normalized spacial score (nSPS) is 12.4. The lowest BCUT2D eigenvalue weighted by molar-refractivity contribution is -0.160. The molecule has 6 nitrogen and oxygen atoms in total. The molecule has 258 valence electrons. The molecule has 0 aliphatic rings. The molecule has 2 atom stereocenters. The molecule has 0 aromatic heterocycles. The second-order valence-corrected chi connectivity index (χ2v) is 12.7. The van der Waals surface area contributed by atoms with Gasteiger partial charge < -0.3 is 14.8 Å². The molecule has 0 heterocycles. The number of carbonyl (C=O) groups excluding carboxylic acids is 3. The largest absolute Gasteiger partial charge is 0.464 e. The predicted octanol–water partition coefficient (Wildman–Crippen LogP) is 10.7. The highest BCUT2D eigenvalue weighted by Gasteiger charge is 2.35. The fourth-order valence-corrected chi connectivity index (χ4v) is 5.79. The molecular weight excluding hydrogens is 562 g/mol. The number of esters is 2. The summed E-state index contributed by atoms with van der Waals surface area (Å²) in [5, 5.41) is 2.86. The Hall–Kier alpha value is -2.37. The SMILES string of the molecule is CCCCCCCCCCCCCC(=O)N[C@H](C(=O)OCC)[C@H](OC(=O)CCCCCCCCCCCCC)c1ccccc1. The maximum absolute atomic E-state index is 13.1. The first-order valence-corrected chi connectivity index (χ1v) is 18.7. The Morgan fingerprint density at radius 1 is 0.578 bits per heavy atom. The molecule has 0 aliphatic carbocycles. The molecule has 1 amide bonds. The Bertz CT molecular complexity index is 858. The number of unbranched alkanes of at least 4 members (excludes halogenated alkanes) is 20. The number of nitrogens with one attached hydrogen (secondary N) is 1. The van der Waals surface area contributed by atoms with E-state index in [-0.39, 0.29) is 18.5 Å². The molecule has 1 N–H and O–H groups in total. The quantitative estimate of drug-likeness (QED) is 0.0676. The van der Waals surface area contributed by atoms with Crippen LogP contribution in [0.25, 0.3) is 0 Å². The lowest BCUT2D eigenvalue weighted by Gasteiger charge is -2.27. The van der Waals surface area contributed by atoms with Crippen LogP contribution in [0.1, 0.15) is 187 Å². The lowest BCUT2D eigenvalue weighted by Crippen LogP contribution is -2.47. The summed E-state index contributed by atoms with van der Waals surface area (Å²) in [7, 11) is 0. The van der Waals surface area contributed by atoms with Crippen LogP contribution in [0, 0.1) is 0 Å². The molecule has 0 radical (unpaired) electrons. The van der Waals surface area contributed by atoms with Gasteiger partial charge in [-0.1, -0.05) is 173 Å². The monoisotopic (exact) mass is 630 g/mol. The summed E-state index contributed by atoms with van der Waals surface area (Å²) in [6, 6.07) is 8.11. The van der Waals surface area contributed by atoms with E-state index in [9.17, 15) is 14.4 Å². The Kier molecular flexibility index (Phi) is 26.3. The van der Waals surface area contributed by atoms with Crippen molar-refractivity contribution in [2.75, 3.05) is 6.61 Å². The highest BCUT2D eigenvalue weighted by molar-refractivity contribution is 5.85. The van der Waals surface area contributed by atoms with E-state index in [1.165, 1.54) is 103 Å². The van der Waals surface area contributed by atoms with Crippen molar-refractivity contribution in [2.45, 2.75) is 187 Å². The maximum atomic E-state index is 13.1. The minimum Gasteiger partial charge on any atom is -0.464 e. The van der Waals surface area contributed by atoms with E-state index >= 15 is 0 Å². The minimum absolute atomic E-state index is 0.179. The standard InChI is InChI=1S/C39H67NO5/c1-4-7-9-11-13-15-17-19-21-23-28-32-35(41)40-37(39(43)44-6-3)38(34-30-26-25-27-31-34)45-36(42)33-29-24-22-20-18-16-14-12-10-8-5-2/h25-27,30-31,37-38H,4-24,28-29,32-33H2,1-3H3,(H,40,41)/t37-,38+/m0/s1. The van der Waals surface area contributed by atoms with E-state index in [1.807, 2.05) is 30.3 Å². The fourth-order valence-electron chi connectivity index (χ4n) is 5.79. The highest BCUT2D eigenvalue weighted by atomic mass is 16.6. The van der Waals surface area contributed by atoms with Crippen LogP contribution in [0.5, 0.6) is 0 Å². The number of hydrogen-bond acceptors (Lipinski definition) is 5. The first-order valence-electron chi connectivity index (χ1n) is 18.7. The van der Waals surface area contributed by atoms with Crippen LogP contribution in [-0.2, 0) is 23.9 Å². The zero-order valence-electron chi connectivity index (χ0n) is 29.3. The van der Waals surface area contributed by atoms with Gasteiger partial charge in [-0.15, -0.1) is 0 Å². The van der Waals surface area contributed by atoms with Crippen LogP contribution in [0.4, 0.5) is 0 Å². The molecule has 0 spiro atoms. The van der Waals surface area contributed by atoms with E-state index in [0.717, 1.165) is 38.5 Å². The van der Waals surface area contributed by atoms with E-state index in [4.69, 9.17) is 9.47 Å². The Balaban J connectivity index is 2.53. The van der Waals surface area contributed by atoms with Crippen molar-refractivity contribution >= 4 is 17.8 Å². The summed E-state index contributed by atoms with van der Waals surface area (Å²) < 4.78 is 11.2. The Morgan fingerprint density at radius 3 is 1.44 bits per heavy atom. The fraction of sp³-hybridized carbons (Fsp3) is 0.769. The zero-order chi connectivity index (χ0) is 32.8. The molecular formula is C39H67NO5. The molecule has 0 saturated carbocycles. The molecule has 0 unspecified atom stereocenters. The number of amides is 1. The van der Waals surface area contributed by atoms with Gasteiger partial charge in [0, 0.05) is 12.8 Å². The lowest BCUT2D eigenvalue weighted by atomic mass is 10.0. The van der Waals surface area contributed by atoms with E-state index in [2.05, 4.69) is 19.2 Å². The van der Waals surface area contributed by atoms with Gasteiger partial charge in [0.2, 0.25) is 5.91 Å². The highest BCUT2D eigenvalue weighted by Crippen LogP contribution is 2.24. The molecule has 45 heavy (non-hydrogen) atoms. The summed E-state index contributed by atoms with van der Waals surface area (Å²) in [5.41, 5.74) is 0.665. The van der Waals surface area contributed by atoms with Crippen molar-refractivity contribution in [1.29, 1.82) is 0 Å². The third-order valence-corrected chi connectivity index (χ3v) is 8.54. The van der Waals surface area contributed by atoms with Crippen molar-refractivity contribution in [3.63, 3.8) is 0 Å². The van der Waals surface area contributed by atoms with Crippen molar-refractivity contribution in [2.24, 2.45) is 0 Å². The number of ether oxygens (including phenoxy) is 2. The zero-order valence-corrected chi connectivity index (χ0v) is 29.3. The van der Waals surface area contributed by atoms with Gasteiger partial charge in [-0.3, -0.25) is 9.59 Å². The van der Waals surface area contributed by atoms with Crippen LogP contribution in [0.2, 0.25) is 0 Å². The predicted molar refractivity (Wildman–Crippen MR) is 186 cm³/mol. The van der Waals surface area contributed by atoms with Crippen molar-refractivity contribution in [3.8, 4) is 0 Å². The van der Waals surface area contributed by atoms with Gasteiger partial charge in [-0.2, -0.15) is 0 Å². The number of hydrogen-bond donors (Lipinski definition) is 1. The van der Waals surface area contributed by atoms with E-state index < -0.39 is 18.1 Å². The van der Waals surface area contributed by atoms with Crippen LogP contribution < -0.4 is 5.32 Å². The molecule has 0 saturated heterocycles. The number of benzene rings is 1. The average molecular weight is 630 g/mol. The van der Waals surface area contributed by atoms with Crippen LogP contribution >= 0.6 is 0 Å². The van der Waals surface area contributed by atoms with Gasteiger partial charge in [-0.25, -0.2) is 4.79 Å². The van der Waals surface area contributed by atoms with Crippen LogP contribution in [-0.4, -0.2) is 30.5 Å². The van der Waals surface area contributed by atoms with Crippen molar-refractivity contribution in [1.82, 2.24) is 5.32 Å². The molecule has 0 aliphatic heterocycles. The average Bonchev–Trinajstić information content (AvgIpc) is 3.04. The van der Waals surface area contributed by atoms with Crippen molar-refractivity contribution < 1.29 is 23.9 Å². The molecule has 1 aromatic carbocycles. The first-order chi connectivity index (χ1) is 22.0. The van der Waals surface area contributed by atoms with Gasteiger partial charge in [-0.05, 0) is 25.3 Å². The minimum atomic E-state index is -1.09. The van der Waals surface area contributed by atoms with Gasteiger partial charge in [0.1, 0.15) is 0 Å². The van der Waals surface area contributed by atoms with Gasteiger partial charge >= 0.3 is 11.9 Å². The molecule has 6 heteroatoms. The summed E-state index contributed by atoms with van der Waals surface area (Å²) in [6.07, 6.45) is 26.2. The molecule has 0 bridgehead atoms. The van der Waals surface area contributed by atoms with Crippen molar-refractivity contribution in [3.05, 3.63) is 35.9 Å². The molecule has 0 fully saturated rings. The van der Waals surface area contributed by atoms with E-state index in [1.54, 1.807) is 6.92 Å². The van der Waals surface area contributed by atoms with Crippen LogP contribution in [0.15, 0.2) is 30.3 Å². The van der Waals surface area contributed by atoms with Crippen LogP contribution in [0.3, 0.4) is 0 Å². The third kappa shape index (κ3) is 21.9. The topological polar surface area (TPSA) is 81.7 Å². The summed E-state index contributed by atoms with van der Waals surface area (Å²) in [4.78, 5) is 39.0. The maximum Gasteiger partial charge on any atom is 0.332 e. The van der Waals surface area contributed by atoms with Gasteiger partial charge in [0.05, 0.1) is 6.61 Å². The number of carbonyl (C=O) groups is 3. The second kappa shape index (κ2) is 29.1. The number of rotatable bonds is 30. The second-order valence-electron chi connectivity index (χ2n) is 12.7. The molecule has 1 rings (SSSR count). The summed E-state index contributed by atoms with van der Waals surface area (Å²) in [5.74, 6) is -1.15.